The first kappa shape index (κ1) is 18.1. The topological polar surface area (TPSA) is 51.6 Å². The molecule has 1 aromatic heterocycles. The lowest BCUT2D eigenvalue weighted by atomic mass is 10.0. The Labute approximate surface area is 162 Å². The lowest BCUT2D eigenvalue weighted by Gasteiger charge is -2.05. The number of nitrogens with zero attached hydrogens (tertiary/aromatic N) is 4. The predicted octanol–water partition coefficient (Wildman–Crippen LogP) is 5.34. The molecule has 3 aromatic carbocycles. The van der Waals surface area contributed by atoms with Crippen molar-refractivity contribution in [3.63, 3.8) is 0 Å². The van der Waals surface area contributed by atoms with Gasteiger partial charge >= 0.3 is 0 Å². The number of hydrogen-bond acceptors (Lipinski definition) is 4. The van der Waals surface area contributed by atoms with Gasteiger partial charge in [0.1, 0.15) is 17.5 Å². The van der Waals surface area contributed by atoms with Gasteiger partial charge in [0.15, 0.2) is 0 Å². The van der Waals surface area contributed by atoms with Gasteiger partial charge in [-0.25, -0.2) is 13.2 Å². The van der Waals surface area contributed by atoms with Crippen LogP contribution in [0.4, 0.5) is 13.2 Å². The smallest absolute Gasteiger partial charge is 0.206 e. The van der Waals surface area contributed by atoms with Gasteiger partial charge in [0.25, 0.3) is 0 Å². The van der Waals surface area contributed by atoms with Crippen molar-refractivity contribution in [2.45, 2.75) is 0 Å². The molecule has 0 N–H and O–H groups in total. The molecule has 0 aliphatic carbocycles. The second-order valence-electron chi connectivity index (χ2n) is 5.85. The Morgan fingerprint density at radius 2 is 1.11 bits per heavy atom. The summed E-state index contributed by atoms with van der Waals surface area (Å²) in [5, 5.41) is 15.4. The molecule has 0 radical (unpaired) electrons. The molecule has 0 fully saturated rings. The Hall–Kier alpha value is -3.32. The quantitative estimate of drug-likeness (QED) is 0.467. The zero-order chi connectivity index (χ0) is 19.7. The molecule has 4 aromatic rings. The van der Waals surface area contributed by atoms with Crippen LogP contribution < -0.4 is 0 Å². The van der Waals surface area contributed by atoms with Gasteiger partial charge in [0.2, 0.25) is 11.6 Å². The fourth-order valence-electron chi connectivity index (χ4n) is 2.64. The van der Waals surface area contributed by atoms with Crippen molar-refractivity contribution in [2.75, 3.05) is 0 Å². The summed E-state index contributed by atoms with van der Waals surface area (Å²) < 4.78 is 40.9. The molecule has 0 bridgehead atoms. The van der Waals surface area contributed by atoms with Crippen LogP contribution in [-0.2, 0) is 0 Å². The van der Waals surface area contributed by atoms with Gasteiger partial charge in [-0.05, 0) is 35.4 Å². The summed E-state index contributed by atoms with van der Waals surface area (Å²) in [4.78, 5) is 0. The lowest BCUT2D eigenvalue weighted by Crippen LogP contribution is -2.02. The molecule has 0 unspecified atom stereocenters. The third-order valence-corrected chi connectivity index (χ3v) is 4.35. The molecule has 0 aliphatic heterocycles. The highest BCUT2D eigenvalue weighted by molar-refractivity contribution is 6.31. The van der Waals surface area contributed by atoms with Crippen LogP contribution in [0.15, 0.2) is 60.7 Å². The number of benzene rings is 3. The van der Waals surface area contributed by atoms with Crippen LogP contribution in [0, 0.1) is 17.5 Å². The average molecular weight is 399 g/mol. The summed E-state index contributed by atoms with van der Waals surface area (Å²) in [5.74, 6) is -2.11. The van der Waals surface area contributed by atoms with Gasteiger partial charge in [0.05, 0.1) is 10.6 Å². The normalized spacial score (nSPS) is 10.9. The van der Waals surface area contributed by atoms with Crippen molar-refractivity contribution in [1.29, 1.82) is 0 Å². The monoisotopic (exact) mass is 398 g/mol. The number of aromatic nitrogens is 4. The largest absolute Gasteiger partial charge is 0.209 e. The van der Waals surface area contributed by atoms with E-state index in [-0.39, 0.29) is 22.2 Å². The standard InChI is InChI=1S/C20H10ClF3N4/c21-14-10-13(8-9-15(14)22)11-4-6-12(7-5-11)19-25-27-20(28-26-19)18-16(23)2-1-3-17(18)24/h1-10H. The van der Waals surface area contributed by atoms with E-state index >= 15 is 0 Å². The fourth-order valence-corrected chi connectivity index (χ4v) is 2.82. The van der Waals surface area contributed by atoms with Crippen LogP contribution in [0.1, 0.15) is 0 Å². The molecule has 8 heteroatoms. The molecule has 0 aliphatic rings. The molecule has 0 saturated carbocycles. The van der Waals surface area contributed by atoms with Crippen molar-refractivity contribution in [2.24, 2.45) is 0 Å². The molecule has 1 heterocycles. The van der Waals surface area contributed by atoms with Gasteiger partial charge in [-0.2, -0.15) is 0 Å². The molecule has 4 rings (SSSR count). The van der Waals surface area contributed by atoms with Crippen LogP contribution in [0.3, 0.4) is 0 Å². The zero-order valence-corrected chi connectivity index (χ0v) is 14.8. The first-order chi connectivity index (χ1) is 13.5. The summed E-state index contributed by atoms with van der Waals surface area (Å²) >= 11 is 5.81. The van der Waals surface area contributed by atoms with E-state index in [0.29, 0.717) is 5.56 Å². The van der Waals surface area contributed by atoms with E-state index in [0.717, 1.165) is 23.3 Å². The Balaban J connectivity index is 1.62. The molecule has 0 saturated heterocycles. The fraction of sp³-hybridized carbons (Fsp3) is 0. The van der Waals surface area contributed by atoms with E-state index in [2.05, 4.69) is 20.4 Å². The van der Waals surface area contributed by atoms with Gasteiger partial charge in [-0.1, -0.05) is 48.0 Å². The van der Waals surface area contributed by atoms with Gasteiger partial charge in [-0.15, -0.1) is 20.4 Å². The molecule has 138 valence electrons. The van der Waals surface area contributed by atoms with Crippen molar-refractivity contribution >= 4 is 11.6 Å². The minimum Gasteiger partial charge on any atom is -0.206 e. The molecule has 4 nitrogen and oxygen atoms in total. The Kier molecular flexibility index (Phi) is 4.75. The summed E-state index contributed by atoms with van der Waals surface area (Å²) in [7, 11) is 0. The number of rotatable bonds is 3. The molecule has 0 atom stereocenters. The van der Waals surface area contributed by atoms with E-state index < -0.39 is 17.5 Å². The molecule has 0 amide bonds. The van der Waals surface area contributed by atoms with Crippen LogP contribution >= 0.6 is 11.6 Å². The predicted molar refractivity (Wildman–Crippen MR) is 98.8 cm³/mol. The number of hydrogen-bond donors (Lipinski definition) is 0. The maximum Gasteiger partial charge on any atom is 0.209 e. The average Bonchev–Trinajstić information content (AvgIpc) is 2.71. The highest BCUT2D eigenvalue weighted by Crippen LogP contribution is 2.27. The van der Waals surface area contributed by atoms with E-state index in [4.69, 9.17) is 11.6 Å². The Morgan fingerprint density at radius 3 is 1.71 bits per heavy atom. The van der Waals surface area contributed by atoms with E-state index in [1.54, 1.807) is 30.3 Å². The van der Waals surface area contributed by atoms with Gasteiger partial charge < -0.3 is 0 Å². The van der Waals surface area contributed by atoms with Crippen LogP contribution in [-0.4, -0.2) is 20.4 Å². The summed E-state index contributed by atoms with van der Waals surface area (Å²) in [5.41, 5.74) is 1.80. The minimum atomic E-state index is -0.793. The third kappa shape index (κ3) is 3.44. The van der Waals surface area contributed by atoms with Gasteiger partial charge in [-0.3, -0.25) is 0 Å². The highest BCUT2D eigenvalue weighted by atomic mass is 35.5. The van der Waals surface area contributed by atoms with E-state index in [1.165, 1.54) is 18.2 Å². The maximum absolute atomic E-state index is 13.8. The lowest BCUT2D eigenvalue weighted by molar-refractivity contribution is 0.585. The molecule has 28 heavy (non-hydrogen) atoms. The van der Waals surface area contributed by atoms with E-state index in [9.17, 15) is 13.2 Å². The van der Waals surface area contributed by atoms with Crippen molar-refractivity contribution in [3.05, 3.63) is 83.1 Å². The summed E-state index contributed by atoms with van der Waals surface area (Å²) in [6, 6.07) is 14.9. The second-order valence-corrected chi connectivity index (χ2v) is 6.26. The molecular formula is C20H10ClF3N4. The first-order valence-electron chi connectivity index (χ1n) is 8.10. The van der Waals surface area contributed by atoms with Crippen molar-refractivity contribution in [1.82, 2.24) is 20.4 Å². The first-order valence-corrected chi connectivity index (χ1v) is 8.48. The Bertz CT molecular complexity index is 1130. The Morgan fingerprint density at radius 1 is 0.571 bits per heavy atom. The van der Waals surface area contributed by atoms with E-state index in [1.807, 2.05) is 0 Å². The van der Waals surface area contributed by atoms with Crippen molar-refractivity contribution < 1.29 is 13.2 Å². The maximum atomic E-state index is 13.8. The third-order valence-electron chi connectivity index (χ3n) is 4.06. The van der Waals surface area contributed by atoms with Crippen LogP contribution in [0.25, 0.3) is 33.9 Å². The molecular weight excluding hydrogens is 389 g/mol. The van der Waals surface area contributed by atoms with Crippen LogP contribution in [0.5, 0.6) is 0 Å². The molecule has 0 spiro atoms. The summed E-state index contributed by atoms with van der Waals surface area (Å²) in [6.45, 7) is 0. The SMILES string of the molecule is Fc1ccc(-c2ccc(-c3nnc(-c4c(F)cccc4F)nn3)cc2)cc1Cl. The second kappa shape index (κ2) is 7.36. The zero-order valence-electron chi connectivity index (χ0n) is 14.1. The van der Waals surface area contributed by atoms with Gasteiger partial charge in [0, 0.05) is 5.56 Å². The summed E-state index contributed by atoms with van der Waals surface area (Å²) in [6.07, 6.45) is 0. The minimum absolute atomic E-state index is 0.0364. The van der Waals surface area contributed by atoms with Crippen LogP contribution in [0.2, 0.25) is 5.02 Å². The highest BCUT2D eigenvalue weighted by Gasteiger charge is 2.15. The van der Waals surface area contributed by atoms with Crippen molar-refractivity contribution in [3.8, 4) is 33.9 Å². The number of halogens is 4.